The highest BCUT2D eigenvalue weighted by molar-refractivity contribution is 7.89. The number of aryl methyl sites for hydroxylation is 1. The monoisotopic (exact) mass is 416 g/mol. The van der Waals surface area contributed by atoms with Gasteiger partial charge in [0.1, 0.15) is 6.54 Å². The Bertz CT molecular complexity index is 952. The van der Waals surface area contributed by atoms with E-state index in [9.17, 15) is 18.0 Å². The van der Waals surface area contributed by atoms with E-state index in [0.717, 1.165) is 18.4 Å². The summed E-state index contributed by atoms with van der Waals surface area (Å²) in [5.74, 6) is -1.11. The summed E-state index contributed by atoms with van der Waals surface area (Å²) in [6.45, 7) is 2.54. The molecule has 3 rings (SSSR count). The van der Waals surface area contributed by atoms with E-state index in [1.54, 1.807) is 47.4 Å². The van der Waals surface area contributed by atoms with Crippen molar-refractivity contribution >= 4 is 21.9 Å². The molecule has 7 nitrogen and oxygen atoms in total. The number of esters is 1. The molecule has 1 fully saturated rings. The van der Waals surface area contributed by atoms with Crippen LogP contribution in [0.1, 0.15) is 30.1 Å². The highest BCUT2D eigenvalue weighted by Crippen LogP contribution is 2.23. The fraction of sp³-hybridized carbons (Fsp3) is 0.333. The Morgan fingerprint density at radius 1 is 1.03 bits per heavy atom. The lowest BCUT2D eigenvalue weighted by Crippen LogP contribution is -2.37. The average Bonchev–Trinajstić information content (AvgIpc) is 3.26. The highest BCUT2D eigenvalue weighted by Gasteiger charge is 2.31. The summed E-state index contributed by atoms with van der Waals surface area (Å²) in [6, 6.07) is 15.0. The molecule has 0 spiro atoms. The van der Waals surface area contributed by atoms with Crippen LogP contribution in [0.25, 0.3) is 0 Å². The summed E-state index contributed by atoms with van der Waals surface area (Å²) >= 11 is 0. The minimum Gasteiger partial charge on any atom is -0.446 e. The van der Waals surface area contributed by atoms with Crippen LogP contribution in [0, 0.1) is 6.92 Å². The fourth-order valence-corrected chi connectivity index (χ4v) is 4.09. The molecule has 0 bridgehead atoms. The Kier molecular flexibility index (Phi) is 6.66. The quantitative estimate of drug-likeness (QED) is 0.699. The van der Waals surface area contributed by atoms with Gasteiger partial charge in [-0.15, -0.1) is 0 Å². The number of ether oxygens (including phenoxy) is 1. The van der Waals surface area contributed by atoms with Crippen molar-refractivity contribution in [1.82, 2.24) is 9.62 Å². The Morgan fingerprint density at radius 2 is 1.66 bits per heavy atom. The molecule has 1 N–H and O–H groups in total. The summed E-state index contributed by atoms with van der Waals surface area (Å²) in [6.07, 6.45) is 0.736. The first kappa shape index (κ1) is 21.0. The SMILES string of the molecule is Cc1ccc(S(=O)(=O)NCC(=O)O[C@@H](C(=O)N2CCCC2)c2ccccc2)cc1. The summed E-state index contributed by atoms with van der Waals surface area (Å²) in [5, 5.41) is 0. The van der Waals surface area contributed by atoms with Gasteiger partial charge in [0.2, 0.25) is 16.1 Å². The molecule has 0 unspecified atom stereocenters. The molecule has 1 amide bonds. The third-order valence-corrected chi connectivity index (χ3v) is 6.15. The van der Waals surface area contributed by atoms with E-state index in [1.165, 1.54) is 12.1 Å². The van der Waals surface area contributed by atoms with Gasteiger partial charge in [-0.3, -0.25) is 9.59 Å². The second kappa shape index (κ2) is 9.19. The third kappa shape index (κ3) is 5.42. The zero-order chi connectivity index (χ0) is 20.9. The molecule has 2 aromatic carbocycles. The lowest BCUT2D eigenvalue weighted by atomic mass is 10.1. The molecule has 1 atom stereocenters. The maximum atomic E-state index is 12.8. The fourth-order valence-electron chi connectivity index (χ4n) is 3.12. The maximum Gasteiger partial charge on any atom is 0.322 e. The van der Waals surface area contributed by atoms with E-state index in [1.807, 2.05) is 6.92 Å². The molecule has 0 radical (unpaired) electrons. The van der Waals surface area contributed by atoms with Crippen molar-refractivity contribution < 1.29 is 22.7 Å². The molecule has 0 aromatic heterocycles. The van der Waals surface area contributed by atoms with Crippen LogP contribution in [0.5, 0.6) is 0 Å². The van der Waals surface area contributed by atoms with Gasteiger partial charge in [-0.25, -0.2) is 8.42 Å². The number of hydrogen-bond donors (Lipinski definition) is 1. The number of carbonyl (C=O) groups excluding carboxylic acids is 2. The number of hydrogen-bond acceptors (Lipinski definition) is 5. The predicted molar refractivity (Wildman–Crippen MR) is 107 cm³/mol. The smallest absolute Gasteiger partial charge is 0.322 e. The molecular weight excluding hydrogens is 392 g/mol. The second-order valence-electron chi connectivity index (χ2n) is 6.95. The summed E-state index contributed by atoms with van der Waals surface area (Å²) < 4.78 is 32.3. The average molecular weight is 416 g/mol. The number of sulfonamides is 1. The van der Waals surface area contributed by atoms with E-state index in [2.05, 4.69) is 4.72 Å². The standard InChI is InChI=1S/C21H24N2O5S/c1-16-9-11-18(12-10-16)29(26,27)22-15-19(24)28-20(17-7-3-2-4-8-17)21(25)23-13-5-6-14-23/h2-4,7-12,20,22H,5-6,13-15H2,1H3/t20-/m1/s1. The van der Waals surface area contributed by atoms with Crippen molar-refractivity contribution in [2.24, 2.45) is 0 Å². The van der Waals surface area contributed by atoms with Crippen LogP contribution in [0.3, 0.4) is 0 Å². The zero-order valence-electron chi connectivity index (χ0n) is 16.2. The largest absolute Gasteiger partial charge is 0.446 e. The molecule has 1 heterocycles. The van der Waals surface area contributed by atoms with E-state index in [-0.39, 0.29) is 10.8 Å². The number of rotatable bonds is 7. The first-order valence-corrected chi connectivity index (χ1v) is 10.9. The van der Waals surface area contributed by atoms with Crippen LogP contribution in [0.15, 0.2) is 59.5 Å². The van der Waals surface area contributed by atoms with Gasteiger partial charge in [0.25, 0.3) is 5.91 Å². The maximum absolute atomic E-state index is 12.8. The zero-order valence-corrected chi connectivity index (χ0v) is 17.0. The number of likely N-dealkylation sites (tertiary alicyclic amines) is 1. The minimum absolute atomic E-state index is 0.0589. The van der Waals surface area contributed by atoms with E-state index in [4.69, 9.17) is 4.74 Å². The number of benzene rings is 2. The molecular formula is C21H24N2O5S. The van der Waals surface area contributed by atoms with Gasteiger partial charge in [0.05, 0.1) is 4.90 Å². The van der Waals surface area contributed by atoms with Crippen LogP contribution in [-0.4, -0.2) is 44.8 Å². The van der Waals surface area contributed by atoms with Gasteiger partial charge in [0, 0.05) is 18.7 Å². The van der Waals surface area contributed by atoms with Crippen molar-refractivity contribution in [2.75, 3.05) is 19.6 Å². The predicted octanol–water partition coefficient (Wildman–Crippen LogP) is 2.18. The first-order chi connectivity index (χ1) is 13.9. The van der Waals surface area contributed by atoms with Gasteiger partial charge >= 0.3 is 5.97 Å². The lowest BCUT2D eigenvalue weighted by Gasteiger charge is -2.23. The van der Waals surface area contributed by atoms with Crippen LogP contribution in [0.2, 0.25) is 0 Å². The van der Waals surface area contributed by atoms with Gasteiger partial charge in [-0.2, -0.15) is 4.72 Å². The summed E-state index contributed by atoms with van der Waals surface area (Å²) in [4.78, 5) is 26.9. The van der Waals surface area contributed by atoms with Crippen LogP contribution in [0.4, 0.5) is 0 Å². The lowest BCUT2D eigenvalue weighted by molar-refractivity contribution is -0.159. The van der Waals surface area contributed by atoms with Crippen molar-refractivity contribution in [2.45, 2.75) is 30.8 Å². The molecule has 1 aliphatic heterocycles. The molecule has 1 aliphatic rings. The van der Waals surface area contributed by atoms with Gasteiger partial charge in [0.15, 0.2) is 0 Å². The van der Waals surface area contributed by atoms with Crippen LogP contribution < -0.4 is 4.72 Å². The molecule has 154 valence electrons. The second-order valence-corrected chi connectivity index (χ2v) is 8.72. The third-order valence-electron chi connectivity index (χ3n) is 4.73. The van der Waals surface area contributed by atoms with E-state index >= 15 is 0 Å². The Hall–Kier alpha value is -2.71. The molecule has 0 saturated carbocycles. The minimum atomic E-state index is -3.85. The Balaban J connectivity index is 1.68. The topological polar surface area (TPSA) is 92.8 Å². The number of carbonyl (C=O) groups is 2. The Morgan fingerprint density at radius 3 is 2.28 bits per heavy atom. The summed E-state index contributed by atoms with van der Waals surface area (Å²) in [5.41, 5.74) is 1.48. The van der Waals surface area contributed by atoms with Crippen LogP contribution >= 0.6 is 0 Å². The molecule has 2 aromatic rings. The normalized spacial score (nSPS) is 15.1. The van der Waals surface area contributed by atoms with Gasteiger partial charge in [-0.1, -0.05) is 48.0 Å². The van der Waals surface area contributed by atoms with E-state index < -0.39 is 28.6 Å². The summed E-state index contributed by atoms with van der Waals surface area (Å²) in [7, 11) is -3.85. The van der Waals surface area contributed by atoms with Crippen molar-refractivity contribution in [3.8, 4) is 0 Å². The van der Waals surface area contributed by atoms with Crippen molar-refractivity contribution in [1.29, 1.82) is 0 Å². The van der Waals surface area contributed by atoms with Crippen molar-refractivity contribution in [3.63, 3.8) is 0 Å². The number of nitrogens with zero attached hydrogens (tertiary/aromatic N) is 1. The number of nitrogens with one attached hydrogen (secondary N) is 1. The van der Waals surface area contributed by atoms with E-state index in [0.29, 0.717) is 18.7 Å². The molecule has 8 heteroatoms. The Labute approximate surface area is 170 Å². The van der Waals surface area contributed by atoms with Crippen molar-refractivity contribution in [3.05, 3.63) is 65.7 Å². The number of amides is 1. The van der Waals surface area contributed by atoms with Gasteiger partial charge < -0.3 is 9.64 Å². The van der Waals surface area contributed by atoms with Gasteiger partial charge in [-0.05, 0) is 31.9 Å². The highest BCUT2D eigenvalue weighted by atomic mass is 32.2. The first-order valence-electron chi connectivity index (χ1n) is 9.46. The van der Waals surface area contributed by atoms with Crippen LogP contribution in [-0.2, 0) is 24.3 Å². The molecule has 1 saturated heterocycles. The molecule has 0 aliphatic carbocycles. The molecule has 29 heavy (non-hydrogen) atoms.